The van der Waals surface area contributed by atoms with Gasteiger partial charge in [0, 0.05) is 60.1 Å². The van der Waals surface area contributed by atoms with E-state index >= 15 is 0 Å². The van der Waals surface area contributed by atoms with Gasteiger partial charge in [0.25, 0.3) is 0 Å². The van der Waals surface area contributed by atoms with Crippen LogP contribution in [0.2, 0.25) is 0 Å². The molecule has 0 unspecified atom stereocenters. The molecule has 126 valence electrons. The number of hydrogen-bond acceptors (Lipinski definition) is 3. The monoisotopic (exact) mass is 342 g/mol. The molecule has 0 bridgehead atoms. The van der Waals surface area contributed by atoms with E-state index < -0.39 is 22.4 Å². The molecule has 0 aliphatic carbocycles. The van der Waals surface area contributed by atoms with Crippen LogP contribution < -0.4 is 0 Å². The highest BCUT2D eigenvalue weighted by Gasteiger charge is 2.34. The topological polar surface area (TPSA) is 40.6 Å². The molecule has 2 saturated heterocycles. The maximum Gasteiger partial charge on any atom is 0.240 e. The van der Waals surface area contributed by atoms with Crippen LogP contribution in [-0.4, -0.2) is 57.1 Å². The van der Waals surface area contributed by atoms with Crippen molar-refractivity contribution in [1.82, 2.24) is 9.80 Å². The first-order valence-electron chi connectivity index (χ1n) is 7.86. The second-order valence-electron chi connectivity index (χ2n) is 6.04. The maximum absolute atomic E-state index is 13.8. The van der Waals surface area contributed by atoms with E-state index in [1.165, 1.54) is 12.1 Å². The van der Waals surface area contributed by atoms with Gasteiger partial charge in [0.1, 0.15) is 11.6 Å². The molecule has 2 fully saturated rings. The third-order valence-corrected chi connectivity index (χ3v) is 5.81. The summed E-state index contributed by atoms with van der Waals surface area (Å²) in [6, 6.07) is 3.25. The van der Waals surface area contributed by atoms with Crippen molar-refractivity contribution in [1.29, 1.82) is 0 Å². The first-order chi connectivity index (χ1) is 11.0. The van der Waals surface area contributed by atoms with Crippen molar-refractivity contribution >= 4 is 16.7 Å². The summed E-state index contributed by atoms with van der Waals surface area (Å²) in [4.78, 5) is 16.4. The quantitative estimate of drug-likeness (QED) is 0.836. The number of carbonyl (C=O) groups is 1. The highest BCUT2D eigenvalue weighted by Crippen LogP contribution is 2.22. The lowest BCUT2D eigenvalue weighted by Gasteiger charge is -2.39. The van der Waals surface area contributed by atoms with Gasteiger partial charge in [0.15, 0.2) is 0 Å². The predicted molar refractivity (Wildman–Crippen MR) is 84.2 cm³/mol. The van der Waals surface area contributed by atoms with Gasteiger partial charge in [-0.25, -0.2) is 8.78 Å². The molecular formula is C16H20F2N2O2S. The first-order valence-corrected chi connectivity index (χ1v) is 9.35. The molecule has 2 heterocycles. The molecule has 0 N–H and O–H groups in total. The van der Waals surface area contributed by atoms with E-state index in [0.717, 1.165) is 18.9 Å². The maximum atomic E-state index is 13.8. The fraction of sp³-hybridized carbons (Fsp3) is 0.562. The van der Waals surface area contributed by atoms with Crippen LogP contribution in [0, 0.1) is 11.6 Å². The van der Waals surface area contributed by atoms with Crippen LogP contribution in [0.5, 0.6) is 0 Å². The lowest BCUT2D eigenvalue weighted by Crippen LogP contribution is -2.55. The van der Waals surface area contributed by atoms with Crippen molar-refractivity contribution in [2.75, 3.05) is 31.1 Å². The lowest BCUT2D eigenvalue weighted by molar-refractivity contribution is -0.140. The summed E-state index contributed by atoms with van der Waals surface area (Å²) in [6.07, 6.45) is 1.65. The normalized spacial score (nSPS) is 24.2. The molecular weight excluding hydrogens is 322 g/mol. The Labute approximate surface area is 136 Å². The Morgan fingerprint density at radius 2 is 1.91 bits per heavy atom. The summed E-state index contributed by atoms with van der Waals surface area (Å²) >= 11 is 0. The van der Waals surface area contributed by atoms with E-state index in [9.17, 15) is 17.8 Å². The van der Waals surface area contributed by atoms with E-state index in [-0.39, 0.29) is 18.5 Å². The number of benzene rings is 1. The molecule has 0 radical (unpaired) electrons. The second kappa shape index (κ2) is 7.05. The number of piperidine rings is 1. The number of amides is 1. The molecule has 1 amide bonds. The van der Waals surface area contributed by atoms with Crippen molar-refractivity contribution in [3.8, 4) is 0 Å². The highest BCUT2D eigenvalue weighted by atomic mass is 32.2. The molecule has 0 saturated carbocycles. The van der Waals surface area contributed by atoms with E-state index in [0.29, 0.717) is 36.7 Å². The Balaban J connectivity index is 1.68. The van der Waals surface area contributed by atoms with Gasteiger partial charge in [-0.2, -0.15) is 0 Å². The molecule has 2 aliphatic heterocycles. The second-order valence-corrected chi connectivity index (χ2v) is 7.73. The Hall–Kier alpha value is -1.34. The smallest absolute Gasteiger partial charge is 0.240 e. The third kappa shape index (κ3) is 3.77. The van der Waals surface area contributed by atoms with Crippen LogP contribution in [0.15, 0.2) is 18.2 Å². The van der Waals surface area contributed by atoms with Crippen LogP contribution in [0.1, 0.15) is 18.4 Å². The summed E-state index contributed by atoms with van der Waals surface area (Å²) in [5.41, 5.74) is 0.333. The van der Waals surface area contributed by atoms with Crippen LogP contribution in [0.3, 0.4) is 0 Å². The van der Waals surface area contributed by atoms with Crippen LogP contribution in [-0.2, 0) is 22.1 Å². The minimum atomic E-state index is -0.774. The van der Waals surface area contributed by atoms with E-state index in [2.05, 4.69) is 4.90 Å². The number of hydrogen-bond donors (Lipinski definition) is 0. The van der Waals surface area contributed by atoms with Gasteiger partial charge >= 0.3 is 0 Å². The molecule has 4 nitrogen and oxygen atoms in total. The fourth-order valence-electron chi connectivity index (χ4n) is 3.23. The summed E-state index contributed by atoms with van der Waals surface area (Å²) < 4.78 is 38.3. The molecule has 1 aromatic carbocycles. The molecule has 23 heavy (non-hydrogen) atoms. The van der Waals surface area contributed by atoms with Gasteiger partial charge in [0.2, 0.25) is 5.91 Å². The van der Waals surface area contributed by atoms with Gasteiger partial charge in [-0.3, -0.25) is 13.9 Å². The minimum absolute atomic E-state index is 0.00680. The van der Waals surface area contributed by atoms with Crippen molar-refractivity contribution < 1.29 is 17.8 Å². The number of halogens is 2. The Morgan fingerprint density at radius 3 is 2.61 bits per heavy atom. The SMILES string of the molecule is O=C1[C@H](N2CCS(=O)CC2)CCCN1Cc1ccc(F)cc1F. The molecule has 1 atom stereocenters. The predicted octanol–water partition coefficient (Wildman–Crippen LogP) is 1.52. The van der Waals surface area contributed by atoms with Crippen LogP contribution in [0.25, 0.3) is 0 Å². The minimum Gasteiger partial charge on any atom is -0.337 e. The van der Waals surface area contributed by atoms with Crippen molar-refractivity contribution in [3.05, 3.63) is 35.4 Å². The largest absolute Gasteiger partial charge is 0.337 e. The molecule has 1 aromatic rings. The standard InChI is InChI=1S/C16H20F2N2O2S/c17-13-4-3-12(14(18)10-13)11-20-5-1-2-15(16(20)21)19-6-8-23(22)9-7-19/h3-4,10,15H,1-2,5-9,11H2/t15-/m1/s1. The summed E-state index contributed by atoms with van der Waals surface area (Å²) in [5, 5.41) is 0. The summed E-state index contributed by atoms with van der Waals surface area (Å²) in [6.45, 7) is 2.09. The van der Waals surface area contributed by atoms with E-state index in [1.807, 2.05) is 0 Å². The van der Waals surface area contributed by atoms with Crippen molar-refractivity contribution in [3.63, 3.8) is 0 Å². The highest BCUT2D eigenvalue weighted by molar-refractivity contribution is 7.85. The first kappa shape index (κ1) is 16.5. The van der Waals surface area contributed by atoms with Gasteiger partial charge in [-0.05, 0) is 18.9 Å². The van der Waals surface area contributed by atoms with Gasteiger partial charge in [0.05, 0.1) is 6.04 Å². The van der Waals surface area contributed by atoms with Gasteiger partial charge < -0.3 is 4.90 Å². The van der Waals surface area contributed by atoms with Gasteiger partial charge in [-0.15, -0.1) is 0 Å². The summed E-state index contributed by atoms with van der Waals surface area (Å²) in [7, 11) is -0.774. The van der Waals surface area contributed by atoms with Gasteiger partial charge in [-0.1, -0.05) is 6.07 Å². The van der Waals surface area contributed by atoms with Crippen molar-refractivity contribution in [2.45, 2.75) is 25.4 Å². The molecule has 0 spiro atoms. The Kier molecular flexibility index (Phi) is 5.06. The van der Waals surface area contributed by atoms with Crippen LogP contribution in [0.4, 0.5) is 8.78 Å². The zero-order valence-electron chi connectivity index (χ0n) is 12.8. The van der Waals surface area contributed by atoms with Crippen LogP contribution >= 0.6 is 0 Å². The van der Waals surface area contributed by atoms with Crippen molar-refractivity contribution in [2.24, 2.45) is 0 Å². The lowest BCUT2D eigenvalue weighted by atomic mass is 10.0. The zero-order valence-corrected chi connectivity index (χ0v) is 13.7. The zero-order chi connectivity index (χ0) is 16.4. The molecule has 2 aliphatic rings. The number of nitrogens with zero attached hydrogens (tertiary/aromatic N) is 2. The van der Waals surface area contributed by atoms with E-state index in [1.54, 1.807) is 4.90 Å². The number of likely N-dealkylation sites (tertiary alicyclic amines) is 1. The van der Waals surface area contributed by atoms with E-state index in [4.69, 9.17) is 0 Å². The Morgan fingerprint density at radius 1 is 1.17 bits per heavy atom. The number of rotatable bonds is 3. The average molecular weight is 342 g/mol. The fourth-order valence-corrected chi connectivity index (χ4v) is 4.32. The average Bonchev–Trinajstić information content (AvgIpc) is 2.53. The molecule has 0 aromatic heterocycles. The number of carbonyl (C=O) groups excluding carboxylic acids is 1. The molecule has 7 heteroatoms. The Bertz CT molecular complexity index is 616. The third-order valence-electron chi connectivity index (χ3n) is 4.53. The summed E-state index contributed by atoms with van der Waals surface area (Å²) in [5.74, 6) is -0.0245. The molecule has 3 rings (SSSR count).